The van der Waals surface area contributed by atoms with E-state index in [0.717, 1.165) is 12.0 Å². The van der Waals surface area contributed by atoms with Crippen LogP contribution < -0.4 is 0 Å². The molecule has 3 nitrogen and oxygen atoms in total. The number of hydrogen-bond donors (Lipinski definition) is 1. The highest BCUT2D eigenvalue weighted by molar-refractivity contribution is 6.01. The van der Waals surface area contributed by atoms with Crippen LogP contribution in [0.25, 0.3) is 0 Å². The molecule has 21 heavy (non-hydrogen) atoms. The Morgan fingerprint density at radius 3 is 2.48 bits per heavy atom. The van der Waals surface area contributed by atoms with Gasteiger partial charge in [0, 0.05) is 12.7 Å². The first kappa shape index (κ1) is 17.7. The van der Waals surface area contributed by atoms with Crippen molar-refractivity contribution in [2.45, 2.75) is 58.3 Å². The van der Waals surface area contributed by atoms with Crippen molar-refractivity contribution in [3.8, 4) is 0 Å². The van der Waals surface area contributed by atoms with Gasteiger partial charge in [-0.15, -0.1) is 0 Å². The number of aryl methyl sites for hydroxylation is 1. The van der Waals surface area contributed by atoms with Gasteiger partial charge in [0.25, 0.3) is 0 Å². The average molecular weight is 291 g/mol. The minimum absolute atomic E-state index is 0.331. The molecule has 0 saturated carbocycles. The molecule has 0 atom stereocenters. The maximum Gasteiger partial charge on any atom is 0.112 e. The molecule has 1 rings (SSSR count). The molecule has 118 valence electrons. The third-order valence-electron chi connectivity index (χ3n) is 3.73. The lowest BCUT2D eigenvalue weighted by molar-refractivity contribution is 0.238. The van der Waals surface area contributed by atoms with Crippen molar-refractivity contribution in [2.75, 3.05) is 13.7 Å². The Balaban J connectivity index is 2.36. The molecule has 0 spiro atoms. The fourth-order valence-corrected chi connectivity index (χ4v) is 2.50. The lowest BCUT2D eigenvalue weighted by Crippen LogP contribution is -2.09. The van der Waals surface area contributed by atoms with E-state index in [4.69, 9.17) is 9.94 Å². The summed E-state index contributed by atoms with van der Waals surface area (Å²) in [5.41, 5.74) is 2.83. The Kier molecular flexibility index (Phi) is 9.55. The molecule has 1 aromatic rings. The fourth-order valence-electron chi connectivity index (χ4n) is 2.50. The molecule has 0 aliphatic rings. The molecule has 0 unspecified atom stereocenters. The monoisotopic (exact) mass is 291 g/mol. The molecular weight excluding hydrogens is 262 g/mol. The fraction of sp³-hybridized carbons (Fsp3) is 0.611. The van der Waals surface area contributed by atoms with Gasteiger partial charge in [0.15, 0.2) is 0 Å². The molecule has 1 aromatic carbocycles. The van der Waals surface area contributed by atoms with E-state index in [1.807, 2.05) is 12.1 Å². The summed E-state index contributed by atoms with van der Waals surface area (Å²) in [6.07, 6.45) is 10.4. The van der Waals surface area contributed by atoms with Crippen LogP contribution in [-0.2, 0) is 11.2 Å². The summed E-state index contributed by atoms with van der Waals surface area (Å²) in [5.74, 6) is 0. The number of methoxy groups -OCH3 is 1. The molecule has 0 heterocycles. The first-order chi connectivity index (χ1) is 10.3. The summed E-state index contributed by atoms with van der Waals surface area (Å²) in [5, 5.41) is 12.3. The molecule has 0 fully saturated rings. The highest BCUT2D eigenvalue weighted by Crippen LogP contribution is 2.13. The largest absolute Gasteiger partial charge is 0.411 e. The van der Waals surface area contributed by atoms with Gasteiger partial charge < -0.3 is 9.94 Å². The van der Waals surface area contributed by atoms with Gasteiger partial charge in [0.1, 0.15) is 5.71 Å². The Labute approximate surface area is 129 Å². The second kappa shape index (κ2) is 11.3. The first-order valence-electron chi connectivity index (χ1n) is 8.11. The number of ether oxygens (including phenoxy) is 1. The van der Waals surface area contributed by atoms with Crippen molar-refractivity contribution >= 4 is 5.71 Å². The van der Waals surface area contributed by atoms with Gasteiger partial charge in [-0.1, -0.05) is 68.8 Å². The van der Waals surface area contributed by atoms with Crippen LogP contribution in [0.5, 0.6) is 0 Å². The van der Waals surface area contributed by atoms with Crippen LogP contribution in [-0.4, -0.2) is 24.6 Å². The molecular formula is C18H29NO2. The van der Waals surface area contributed by atoms with E-state index < -0.39 is 0 Å². The van der Waals surface area contributed by atoms with Crippen LogP contribution in [0.2, 0.25) is 0 Å². The molecule has 0 aliphatic heterocycles. The van der Waals surface area contributed by atoms with Crippen LogP contribution >= 0.6 is 0 Å². The Morgan fingerprint density at radius 1 is 1.10 bits per heavy atom. The number of benzene rings is 1. The first-order valence-corrected chi connectivity index (χ1v) is 8.11. The lowest BCUT2D eigenvalue weighted by Gasteiger charge is -2.07. The predicted molar refractivity (Wildman–Crippen MR) is 88.3 cm³/mol. The average Bonchev–Trinajstić information content (AvgIpc) is 2.52. The molecule has 0 amide bonds. The van der Waals surface area contributed by atoms with Crippen LogP contribution in [0.3, 0.4) is 0 Å². The van der Waals surface area contributed by atoms with Gasteiger partial charge in [0.05, 0.1) is 6.61 Å². The molecule has 0 aliphatic carbocycles. The molecule has 0 aromatic heterocycles. The van der Waals surface area contributed by atoms with E-state index in [0.29, 0.717) is 12.3 Å². The van der Waals surface area contributed by atoms with Gasteiger partial charge >= 0.3 is 0 Å². The van der Waals surface area contributed by atoms with Crippen molar-refractivity contribution < 1.29 is 9.94 Å². The minimum atomic E-state index is 0.331. The van der Waals surface area contributed by atoms with Crippen LogP contribution in [0, 0.1) is 0 Å². The standard InChI is InChI=1S/C18H29NO2/c1-3-4-5-6-7-8-9-11-16-12-10-13-17(14-16)18(19-20)15-21-2/h10,12-14,20H,3-9,11,15H2,1-2H3. The van der Waals surface area contributed by atoms with Gasteiger partial charge in [-0.05, 0) is 24.5 Å². The van der Waals surface area contributed by atoms with Gasteiger partial charge in [0.2, 0.25) is 0 Å². The van der Waals surface area contributed by atoms with Gasteiger partial charge in [-0.25, -0.2) is 0 Å². The number of hydrogen-bond acceptors (Lipinski definition) is 3. The van der Waals surface area contributed by atoms with Crippen molar-refractivity contribution in [3.05, 3.63) is 35.4 Å². The van der Waals surface area contributed by atoms with Crippen molar-refractivity contribution in [1.82, 2.24) is 0 Å². The normalized spacial score (nSPS) is 11.8. The third kappa shape index (κ3) is 7.28. The van der Waals surface area contributed by atoms with Crippen molar-refractivity contribution in [1.29, 1.82) is 0 Å². The van der Waals surface area contributed by atoms with E-state index in [1.54, 1.807) is 7.11 Å². The molecule has 3 heteroatoms. The van der Waals surface area contributed by atoms with E-state index in [-0.39, 0.29) is 0 Å². The second-order valence-electron chi connectivity index (χ2n) is 5.55. The van der Waals surface area contributed by atoms with E-state index in [9.17, 15) is 0 Å². The second-order valence-corrected chi connectivity index (χ2v) is 5.55. The van der Waals surface area contributed by atoms with Crippen LogP contribution in [0.4, 0.5) is 0 Å². The van der Waals surface area contributed by atoms with Crippen molar-refractivity contribution in [2.24, 2.45) is 5.16 Å². The highest BCUT2D eigenvalue weighted by Gasteiger charge is 2.05. The summed E-state index contributed by atoms with van der Waals surface area (Å²) >= 11 is 0. The number of unbranched alkanes of at least 4 members (excludes halogenated alkanes) is 6. The summed E-state index contributed by atoms with van der Waals surface area (Å²) < 4.78 is 5.04. The van der Waals surface area contributed by atoms with Crippen molar-refractivity contribution in [3.63, 3.8) is 0 Å². The summed E-state index contributed by atoms with van der Waals surface area (Å²) in [6, 6.07) is 8.22. The van der Waals surface area contributed by atoms with Gasteiger partial charge in [-0.3, -0.25) is 0 Å². The predicted octanol–water partition coefficient (Wildman–Crippen LogP) is 4.80. The van der Waals surface area contributed by atoms with Crippen LogP contribution in [0.1, 0.15) is 63.0 Å². The van der Waals surface area contributed by atoms with E-state index in [2.05, 4.69) is 24.2 Å². The maximum absolute atomic E-state index is 9.03. The Morgan fingerprint density at radius 2 is 1.81 bits per heavy atom. The molecule has 0 saturated heterocycles. The quantitative estimate of drug-likeness (QED) is 0.275. The number of oxime groups is 1. The topological polar surface area (TPSA) is 41.8 Å². The highest BCUT2D eigenvalue weighted by atomic mass is 16.5. The summed E-state index contributed by atoms with van der Waals surface area (Å²) in [7, 11) is 1.60. The zero-order valence-electron chi connectivity index (χ0n) is 13.5. The molecule has 0 radical (unpaired) electrons. The smallest absolute Gasteiger partial charge is 0.112 e. The minimum Gasteiger partial charge on any atom is -0.411 e. The van der Waals surface area contributed by atoms with Gasteiger partial charge in [-0.2, -0.15) is 0 Å². The van der Waals surface area contributed by atoms with Crippen LogP contribution in [0.15, 0.2) is 29.4 Å². The lowest BCUT2D eigenvalue weighted by atomic mass is 10.0. The maximum atomic E-state index is 9.03. The SMILES string of the molecule is CCCCCCCCCc1cccc(C(COC)=NO)c1. The Bertz CT molecular complexity index is 415. The summed E-state index contributed by atoms with van der Waals surface area (Å²) in [6.45, 7) is 2.58. The van der Waals surface area contributed by atoms with E-state index >= 15 is 0 Å². The van der Waals surface area contributed by atoms with E-state index in [1.165, 1.54) is 50.5 Å². The molecule has 0 bridgehead atoms. The zero-order valence-corrected chi connectivity index (χ0v) is 13.5. The zero-order chi connectivity index (χ0) is 15.3. The number of rotatable bonds is 11. The number of nitrogens with zero attached hydrogens (tertiary/aromatic N) is 1. The molecule has 1 N–H and O–H groups in total. The third-order valence-corrected chi connectivity index (χ3v) is 3.73. The Hall–Kier alpha value is -1.35. The summed E-state index contributed by atoms with van der Waals surface area (Å²) in [4.78, 5) is 0.